The van der Waals surface area contributed by atoms with Crippen LogP contribution < -0.4 is 0 Å². The van der Waals surface area contributed by atoms with Crippen molar-refractivity contribution in [2.75, 3.05) is 0 Å². The predicted molar refractivity (Wildman–Crippen MR) is 93.5 cm³/mol. The number of allylic oxidation sites excluding steroid dienone is 2. The topological polar surface area (TPSA) is 65.8 Å². The zero-order valence-electron chi connectivity index (χ0n) is 14.5. The van der Waals surface area contributed by atoms with Crippen LogP contribution in [-0.4, -0.2) is 34.1 Å². The first kappa shape index (κ1) is 26.8. The zero-order chi connectivity index (χ0) is 14.9. The van der Waals surface area contributed by atoms with Gasteiger partial charge in [0.1, 0.15) is 0 Å². The molecule has 0 rings (SSSR count). The van der Waals surface area contributed by atoms with Gasteiger partial charge in [-0.05, 0) is 32.1 Å². The number of hydrogen-bond acceptors (Lipinski definition) is 1. The van der Waals surface area contributed by atoms with E-state index in [0.717, 1.165) is 12.8 Å². The van der Waals surface area contributed by atoms with Crippen molar-refractivity contribution < 1.29 is 15.4 Å². The average Bonchev–Trinajstić information content (AvgIpc) is 2.43. The summed E-state index contributed by atoms with van der Waals surface area (Å²) in [6, 6.07) is 0. The molecule has 22 heavy (non-hydrogen) atoms. The second-order valence-electron chi connectivity index (χ2n) is 5.73. The van der Waals surface area contributed by atoms with Crippen molar-refractivity contribution in [1.82, 2.24) is 0 Å². The van der Waals surface area contributed by atoms with Gasteiger partial charge in [0.2, 0.25) is 0 Å². The maximum atomic E-state index is 10.3. The molecule has 1 N–H and O–H groups in total. The summed E-state index contributed by atoms with van der Waals surface area (Å²) in [5.74, 6) is -0.664. The van der Waals surface area contributed by atoms with Crippen LogP contribution in [0.15, 0.2) is 12.2 Å². The molecule has 0 aromatic heterocycles. The fraction of sp³-hybridized carbons (Fsp3) is 0.833. The van der Waals surface area contributed by atoms with Crippen LogP contribution in [0.1, 0.15) is 96.8 Å². The van der Waals surface area contributed by atoms with Gasteiger partial charge in [0.05, 0.1) is 0 Å². The number of carboxylic acids is 1. The Bertz CT molecular complexity index is 242. The van der Waals surface area contributed by atoms with Crippen LogP contribution >= 0.6 is 0 Å². The van der Waals surface area contributed by atoms with E-state index in [4.69, 9.17) is 5.11 Å². The number of unbranched alkanes of at least 4 members (excludes halogenated alkanes) is 11. The third kappa shape index (κ3) is 24.9. The van der Waals surface area contributed by atoms with Crippen molar-refractivity contribution in [3.63, 3.8) is 0 Å². The molecule has 4 heteroatoms. The van der Waals surface area contributed by atoms with Crippen molar-refractivity contribution in [2.24, 2.45) is 0 Å². The number of carboxylic acid groups (broad SMARTS) is 1. The van der Waals surface area contributed by atoms with Gasteiger partial charge < -0.3 is 10.6 Å². The summed E-state index contributed by atoms with van der Waals surface area (Å²) >= 11 is 0. The van der Waals surface area contributed by atoms with E-state index < -0.39 is 5.97 Å². The summed E-state index contributed by atoms with van der Waals surface area (Å²) < 4.78 is 0. The van der Waals surface area contributed by atoms with Crippen molar-refractivity contribution in [1.29, 1.82) is 0 Å². The Balaban J connectivity index is -0.00000180. The van der Waals surface area contributed by atoms with Crippen LogP contribution in [0.3, 0.4) is 0 Å². The minimum Gasteiger partial charge on any atom is -2.00 e. The van der Waals surface area contributed by atoms with Gasteiger partial charge in [-0.1, -0.05) is 70.4 Å². The number of carbonyl (C=O) groups is 1. The Morgan fingerprint density at radius 2 is 1.18 bits per heavy atom. The molecule has 0 saturated carbocycles. The molecule has 3 nitrogen and oxygen atoms in total. The fourth-order valence-corrected chi connectivity index (χ4v) is 2.35. The van der Waals surface area contributed by atoms with Gasteiger partial charge in [-0.15, -0.1) is 0 Å². The molecule has 0 atom stereocenters. The molecule has 0 spiro atoms. The van der Waals surface area contributed by atoms with E-state index in [9.17, 15) is 4.79 Å². The van der Waals surface area contributed by atoms with E-state index >= 15 is 0 Å². The van der Waals surface area contributed by atoms with Gasteiger partial charge >= 0.3 is 29.0 Å². The van der Waals surface area contributed by atoms with E-state index in [1.807, 2.05) is 0 Å². The van der Waals surface area contributed by atoms with Crippen molar-refractivity contribution in [2.45, 2.75) is 96.8 Å². The van der Waals surface area contributed by atoms with Gasteiger partial charge in [-0.2, -0.15) is 0 Å². The molecule has 0 unspecified atom stereocenters. The largest absolute Gasteiger partial charge is 2.00 e. The van der Waals surface area contributed by atoms with Crippen LogP contribution in [-0.2, 0) is 10.3 Å². The number of aliphatic carboxylic acids is 1. The monoisotopic (exact) mass is 322 g/mol. The molecular weight excluding hydrogens is 288 g/mol. The molecule has 0 heterocycles. The normalized spacial score (nSPS) is 10.2. The van der Waals surface area contributed by atoms with Gasteiger partial charge in [0.25, 0.3) is 0 Å². The maximum Gasteiger partial charge on any atom is 2.00 e. The molecule has 0 saturated heterocycles. The second kappa shape index (κ2) is 23.2. The number of rotatable bonds is 15. The van der Waals surface area contributed by atoms with Gasteiger partial charge in [-0.3, -0.25) is 4.79 Å². The molecule has 0 aliphatic carbocycles. The quantitative estimate of drug-likeness (QED) is 0.242. The molecule has 0 aromatic carbocycles. The van der Waals surface area contributed by atoms with E-state index in [2.05, 4.69) is 19.1 Å². The van der Waals surface area contributed by atoms with E-state index in [-0.39, 0.29) is 28.5 Å². The fourth-order valence-electron chi connectivity index (χ4n) is 2.35. The molecular formula is C18H34MgO3. The molecule has 0 fully saturated rings. The maximum absolute atomic E-state index is 10.3. The third-order valence-corrected chi connectivity index (χ3v) is 3.65. The van der Waals surface area contributed by atoms with Gasteiger partial charge in [0, 0.05) is 6.42 Å². The first-order valence-electron chi connectivity index (χ1n) is 8.64. The molecule has 0 aromatic rings. The average molecular weight is 323 g/mol. The Labute approximate surface area is 153 Å². The Morgan fingerprint density at radius 3 is 1.64 bits per heavy atom. The minimum absolute atomic E-state index is 0. The van der Waals surface area contributed by atoms with Crippen LogP contribution in [0.5, 0.6) is 0 Å². The molecule has 0 aliphatic rings. The smallest absolute Gasteiger partial charge is 2.00 e. The summed E-state index contributed by atoms with van der Waals surface area (Å²) in [6.07, 6.45) is 21.2. The van der Waals surface area contributed by atoms with Crippen molar-refractivity contribution >= 4 is 29.0 Å². The van der Waals surface area contributed by atoms with E-state index in [1.54, 1.807) is 0 Å². The SMILES string of the molecule is CCCCCCCCC=CCCCCCCCC(=O)O.[Mg+2].[O-2]. The summed E-state index contributed by atoms with van der Waals surface area (Å²) in [5.41, 5.74) is 0. The summed E-state index contributed by atoms with van der Waals surface area (Å²) in [5, 5.41) is 8.51. The molecule has 0 radical (unpaired) electrons. The Kier molecular flexibility index (Phi) is 28.3. The number of hydrogen-bond donors (Lipinski definition) is 1. The summed E-state index contributed by atoms with van der Waals surface area (Å²) in [6.45, 7) is 2.26. The Hall–Kier alpha value is -0.0638. The van der Waals surface area contributed by atoms with Crippen LogP contribution in [0, 0.1) is 0 Å². The molecule has 126 valence electrons. The van der Waals surface area contributed by atoms with Gasteiger partial charge in [-0.25, -0.2) is 0 Å². The second-order valence-corrected chi connectivity index (χ2v) is 5.73. The summed E-state index contributed by atoms with van der Waals surface area (Å²) in [4.78, 5) is 10.3. The predicted octanol–water partition coefficient (Wildman–Crippen LogP) is 5.61. The molecule has 0 amide bonds. The summed E-state index contributed by atoms with van der Waals surface area (Å²) in [7, 11) is 0. The zero-order valence-corrected chi connectivity index (χ0v) is 15.9. The first-order chi connectivity index (χ1) is 9.77. The first-order valence-corrected chi connectivity index (χ1v) is 8.64. The Morgan fingerprint density at radius 1 is 0.773 bits per heavy atom. The van der Waals surface area contributed by atoms with Crippen LogP contribution in [0.4, 0.5) is 0 Å². The van der Waals surface area contributed by atoms with Crippen LogP contribution in [0.2, 0.25) is 0 Å². The van der Waals surface area contributed by atoms with Crippen LogP contribution in [0.25, 0.3) is 0 Å². The van der Waals surface area contributed by atoms with E-state index in [1.165, 1.54) is 70.6 Å². The van der Waals surface area contributed by atoms with Gasteiger partial charge in [0.15, 0.2) is 0 Å². The third-order valence-electron chi connectivity index (χ3n) is 3.65. The van der Waals surface area contributed by atoms with Crippen molar-refractivity contribution in [3.8, 4) is 0 Å². The molecule has 0 bridgehead atoms. The minimum atomic E-state index is -0.664. The van der Waals surface area contributed by atoms with Crippen molar-refractivity contribution in [3.05, 3.63) is 12.2 Å². The standard InChI is InChI=1S/C18H34O2.Mg.O/c1-2-3-4-5-6-7-8-9-10-11-12-13-14-15-16-17-18(19)20;;/h9-10H,2-8,11-17H2,1H3,(H,19,20);;/q;+2;-2. The van der Waals surface area contributed by atoms with E-state index in [0.29, 0.717) is 6.42 Å². The molecule has 0 aliphatic heterocycles.